The molecule has 3 nitrogen and oxygen atoms in total. The van der Waals surface area contributed by atoms with Crippen molar-refractivity contribution in [3.05, 3.63) is 68.9 Å². The van der Waals surface area contributed by atoms with Gasteiger partial charge in [0.15, 0.2) is 0 Å². The van der Waals surface area contributed by atoms with E-state index in [1.165, 1.54) is 0 Å². The second-order valence-electron chi connectivity index (χ2n) is 2.90. The minimum atomic E-state index is -0.438. The van der Waals surface area contributed by atoms with Crippen LogP contribution in [0.3, 0.4) is 0 Å². The summed E-state index contributed by atoms with van der Waals surface area (Å²) in [6.07, 6.45) is 11.4. The molecular weight excluding hydrogens is 258 g/mol. The number of hydrogen-bond donors (Lipinski definition) is 0. The molecule has 0 saturated carbocycles. The SMILES string of the molecule is C=C1/C=C\C=C/C/C=C\C(Br)=C/1[N+](=O)[O-]. The van der Waals surface area contributed by atoms with E-state index in [1.54, 1.807) is 18.2 Å². The van der Waals surface area contributed by atoms with Gasteiger partial charge in [0.25, 0.3) is 5.70 Å². The molecule has 0 aliphatic heterocycles. The lowest BCUT2D eigenvalue weighted by Crippen LogP contribution is -2.01. The smallest absolute Gasteiger partial charge is 0.258 e. The van der Waals surface area contributed by atoms with E-state index in [-0.39, 0.29) is 5.70 Å². The molecule has 0 N–H and O–H groups in total. The van der Waals surface area contributed by atoms with Crippen molar-refractivity contribution in [2.45, 2.75) is 6.42 Å². The van der Waals surface area contributed by atoms with Gasteiger partial charge in [-0.25, -0.2) is 0 Å². The van der Waals surface area contributed by atoms with Gasteiger partial charge in [-0.3, -0.25) is 10.1 Å². The van der Waals surface area contributed by atoms with E-state index < -0.39 is 4.92 Å². The molecule has 15 heavy (non-hydrogen) atoms. The van der Waals surface area contributed by atoms with Crippen molar-refractivity contribution >= 4 is 15.9 Å². The summed E-state index contributed by atoms with van der Waals surface area (Å²) in [5.74, 6) is 0. The highest BCUT2D eigenvalue weighted by Crippen LogP contribution is 2.22. The largest absolute Gasteiger partial charge is 0.290 e. The fourth-order valence-electron chi connectivity index (χ4n) is 1.09. The van der Waals surface area contributed by atoms with E-state index in [2.05, 4.69) is 22.5 Å². The van der Waals surface area contributed by atoms with E-state index in [4.69, 9.17) is 0 Å². The van der Waals surface area contributed by atoms with Crippen molar-refractivity contribution in [3.63, 3.8) is 0 Å². The molecule has 0 aromatic carbocycles. The average Bonchev–Trinajstić information content (AvgIpc) is 2.15. The molecule has 0 aromatic rings. The van der Waals surface area contributed by atoms with Crippen molar-refractivity contribution in [2.24, 2.45) is 0 Å². The summed E-state index contributed by atoms with van der Waals surface area (Å²) in [5.41, 5.74) is 0.376. The van der Waals surface area contributed by atoms with Gasteiger partial charge in [-0.1, -0.05) is 30.9 Å². The number of nitro groups is 1. The van der Waals surface area contributed by atoms with Crippen LogP contribution >= 0.6 is 15.9 Å². The van der Waals surface area contributed by atoms with E-state index in [9.17, 15) is 10.1 Å². The summed E-state index contributed by atoms with van der Waals surface area (Å²) in [5, 5.41) is 10.8. The maximum atomic E-state index is 10.8. The van der Waals surface area contributed by atoms with Gasteiger partial charge in [0.1, 0.15) is 0 Å². The predicted octanol–water partition coefficient (Wildman–Crippen LogP) is 3.50. The molecule has 0 amide bonds. The molecule has 0 spiro atoms. The topological polar surface area (TPSA) is 43.1 Å². The minimum absolute atomic E-state index is 0.00204. The highest BCUT2D eigenvalue weighted by Gasteiger charge is 2.17. The van der Waals surface area contributed by atoms with Gasteiger partial charge in [0.2, 0.25) is 0 Å². The molecule has 1 aliphatic carbocycles. The van der Waals surface area contributed by atoms with Crippen molar-refractivity contribution in [1.29, 1.82) is 0 Å². The Kier molecular flexibility index (Phi) is 4.24. The second kappa shape index (κ2) is 5.46. The van der Waals surface area contributed by atoms with Crippen molar-refractivity contribution in [2.75, 3.05) is 0 Å². The number of rotatable bonds is 1. The first-order valence-corrected chi connectivity index (χ1v) is 5.15. The van der Waals surface area contributed by atoms with Crippen LogP contribution in [-0.4, -0.2) is 4.92 Å². The lowest BCUT2D eigenvalue weighted by Gasteiger charge is -2.00. The number of nitrogens with zero attached hydrogens (tertiary/aromatic N) is 1. The van der Waals surface area contributed by atoms with Crippen molar-refractivity contribution < 1.29 is 4.92 Å². The number of allylic oxidation sites excluding steroid dienone is 7. The van der Waals surface area contributed by atoms with Crippen LogP contribution in [0.5, 0.6) is 0 Å². The summed E-state index contributed by atoms with van der Waals surface area (Å²) >= 11 is 3.17. The monoisotopic (exact) mass is 267 g/mol. The third-order valence-corrected chi connectivity index (χ3v) is 2.43. The quantitative estimate of drug-likeness (QED) is 0.539. The van der Waals surface area contributed by atoms with Crippen LogP contribution in [-0.2, 0) is 0 Å². The van der Waals surface area contributed by atoms with Gasteiger partial charge in [-0.05, 0) is 34.5 Å². The van der Waals surface area contributed by atoms with Crippen LogP contribution < -0.4 is 0 Å². The molecule has 0 atom stereocenters. The molecule has 0 fully saturated rings. The Labute approximate surface area is 96.5 Å². The van der Waals surface area contributed by atoms with E-state index in [0.717, 1.165) is 6.42 Å². The van der Waals surface area contributed by atoms with Crippen LogP contribution in [0.15, 0.2) is 58.8 Å². The molecule has 0 bridgehead atoms. The Morgan fingerprint density at radius 1 is 1.33 bits per heavy atom. The fraction of sp³-hybridized carbons (Fsp3) is 0.0909. The Hall–Kier alpha value is -1.42. The molecule has 0 radical (unpaired) electrons. The summed E-state index contributed by atoms with van der Waals surface area (Å²) < 4.78 is 0.442. The molecule has 0 heterocycles. The predicted molar refractivity (Wildman–Crippen MR) is 64.1 cm³/mol. The summed E-state index contributed by atoms with van der Waals surface area (Å²) in [6, 6.07) is 0. The Balaban J connectivity index is 3.17. The molecular formula is C11H10BrNO2. The van der Waals surface area contributed by atoms with E-state index >= 15 is 0 Å². The standard InChI is InChI=1S/C11H10BrNO2/c1-9-7-5-3-2-4-6-8-10(12)11(9)13(14)15/h2-3,5-8H,1,4H2/b3-2-,7-5-,8-6-,11-10-. The Morgan fingerprint density at radius 3 is 2.73 bits per heavy atom. The zero-order valence-corrected chi connectivity index (χ0v) is 9.61. The van der Waals surface area contributed by atoms with Crippen LogP contribution in [0.25, 0.3) is 0 Å². The van der Waals surface area contributed by atoms with Crippen LogP contribution in [0, 0.1) is 10.1 Å². The van der Waals surface area contributed by atoms with Gasteiger partial charge in [0, 0.05) is 5.57 Å². The third kappa shape index (κ3) is 3.32. The molecule has 4 heteroatoms. The Morgan fingerprint density at radius 2 is 2.07 bits per heavy atom. The van der Waals surface area contributed by atoms with Gasteiger partial charge >= 0.3 is 0 Å². The number of hydrogen-bond acceptors (Lipinski definition) is 2. The molecule has 78 valence electrons. The van der Waals surface area contributed by atoms with Crippen LogP contribution in [0.4, 0.5) is 0 Å². The maximum Gasteiger partial charge on any atom is 0.290 e. The van der Waals surface area contributed by atoms with Gasteiger partial charge < -0.3 is 0 Å². The number of halogens is 1. The molecule has 1 rings (SSSR count). The van der Waals surface area contributed by atoms with Gasteiger partial charge in [-0.15, -0.1) is 0 Å². The maximum absolute atomic E-state index is 10.8. The zero-order valence-electron chi connectivity index (χ0n) is 8.02. The minimum Gasteiger partial charge on any atom is -0.258 e. The second-order valence-corrected chi connectivity index (χ2v) is 3.76. The van der Waals surface area contributed by atoms with Crippen LogP contribution in [0.2, 0.25) is 0 Å². The lowest BCUT2D eigenvalue weighted by molar-refractivity contribution is -0.420. The fourth-order valence-corrected chi connectivity index (χ4v) is 1.68. The summed E-state index contributed by atoms with van der Waals surface area (Å²) in [7, 11) is 0. The van der Waals surface area contributed by atoms with Crippen molar-refractivity contribution in [3.8, 4) is 0 Å². The zero-order chi connectivity index (χ0) is 11.3. The van der Waals surface area contributed by atoms with Crippen molar-refractivity contribution in [1.82, 2.24) is 0 Å². The normalized spacial score (nSPS) is 28.2. The van der Waals surface area contributed by atoms with Gasteiger partial charge in [0.05, 0.1) is 9.41 Å². The highest BCUT2D eigenvalue weighted by molar-refractivity contribution is 9.11. The van der Waals surface area contributed by atoms with Gasteiger partial charge in [-0.2, -0.15) is 0 Å². The molecule has 0 unspecified atom stereocenters. The molecule has 0 aromatic heterocycles. The lowest BCUT2D eigenvalue weighted by atomic mass is 10.1. The summed E-state index contributed by atoms with van der Waals surface area (Å²) in [6.45, 7) is 3.66. The highest BCUT2D eigenvalue weighted by atomic mass is 79.9. The average molecular weight is 268 g/mol. The Bertz CT molecular complexity index is 403. The molecule has 1 aliphatic rings. The first-order chi connectivity index (χ1) is 7.13. The van der Waals surface area contributed by atoms with E-state index in [1.807, 2.05) is 18.2 Å². The van der Waals surface area contributed by atoms with E-state index in [0.29, 0.717) is 10.1 Å². The molecule has 0 saturated heterocycles. The third-order valence-electron chi connectivity index (χ3n) is 1.79. The first-order valence-electron chi connectivity index (χ1n) is 4.36. The van der Waals surface area contributed by atoms with Crippen LogP contribution in [0.1, 0.15) is 6.42 Å². The summed E-state index contributed by atoms with van der Waals surface area (Å²) in [4.78, 5) is 10.4. The first kappa shape index (κ1) is 11.7.